The van der Waals surface area contributed by atoms with Crippen LogP contribution in [0.5, 0.6) is 0 Å². The molecule has 1 unspecified atom stereocenters. The highest BCUT2D eigenvalue weighted by Crippen LogP contribution is 2.24. The lowest BCUT2D eigenvalue weighted by atomic mass is 10.1. The first kappa shape index (κ1) is 12.9. The Balaban J connectivity index is 2.99. The zero-order chi connectivity index (χ0) is 12.1. The maximum atomic E-state index is 8.70. The van der Waals surface area contributed by atoms with Crippen molar-refractivity contribution in [2.75, 3.05) is 11.9 Å². The molecular formula is C13H17ClN2. The van der Waals surface area contributed by atoms with E-state index in [9.17, 15) is 0 Å². The Bertz CT molecular complexity index is 395. The van der Waals surface area contributed by atoms with Gasteiger partial charge >= 0.3 is 0 Å². The highest BCUT2D eigenvalue weighted by atomic mass is 35.5. The van der Waals surface area contributed by atoms with Gasteiger partial charge in [-0.1, -0.05) is 17.7 Å². The number of alkyl halides is 1. The van der Waals surface area contributed by atoms with Gasteiger partial charge in [0.05, 0.1) is 12.5 Å². The number of benzene rings is 1. The summed E-state index contributed by atoms with van der Waals surface area (Å²) in [6.45, 7) is 4.10. The molecule has 0 aliphatic heterocycles. The van der Waals surface area contributed by atoms with Crippen LogP contribution in [0.15, 0.2) is 18.2 Å². The third kappa shape index (κ3) is 2.90. The predicted molar refractivity (Wildman–Crippen MR) is 68.8 cm³/mol. The number of anilines is 1. The maximum Gasteiger partial charge on any atom is 0.0643 e. The summed E-state index contributed by atoms with van der Waals surface area (Å²) >= 11 is 5.94. The lowest BCUT2D eigenvalue weighted by molar-refractivity contribution is 0.700. The summed E-state index contributed by atoms with van der Waals surface area (Å²) in [5.74, 6) is 0.501. The summed E-state index contributed by atoms with van der Waals surface area (Å²) in [5, 5.41) is 8.70. The molecule has 0 bridgehead atoms. The number of nitrogens with zero attached hydrogens (tertiary/aromatic N) is 2. The van der Waals surface area contributed by atoms with Gasteiger partial charge in [0.2, 0.25) is 0 Å². The number of halogens is 1. The van der Waals surface area contributed by atoms with Gasteiger partial charge in [-0.15, -0.1) is 11.6 Å². The molecule has 1 rings (SSSR count). The fraction of sp³-hybridized carbons (Fsp3) is 0.462. The van der Waals surface area contributed by atoms with Crippen molar-refractivity contribution in [2.24, 2.45) is 0 Å². The van der Waals surface area contributed by atoms with Gasteiger partial charge in [-0.25, -0.2) is 0 Å². The van der Waals surface area contributed by atoms with Crippen molar-refractivity contribution in [3.63, 3.8) is 0 Å². The first-order chi connectivity index (χ1) is 7.60. The molecule has 1 aromatic rings. The normalized spacial score (nSPS) is 11.9. The van der Waals surface area contributed by atoms with Gasteiger partial charge < -0.3 is 4.90 Å². The molecule has 2 nitrogen and oxygen atoms in total. The smallest absolute Gasteiger partial charge is 0.0643 e. The Kier molecular flexibility index (Phi) is 4.64. The van der Waals surface area contributed by atoms with Crippen LogP contribution in [-0.4, -0.2) is 13.1 Å². The second kappa shape index (κ2) is 5.77. The predicted octanol–water partition coefficient (Wildman–Crippen LogP) is 3.47. The van der Waals surface area contributed by atoms with Gasteiger partial charge in [0.25, 0.3) is 0 Å². The highest BCUT2D eigenvalue weighted by Gasteiger charge is 2.12. The number of nitriles is 1. The zero-order valence-electron chi connectivity index (χ0n) is 10.00. The summed E-state index contributed by atoms with van der Waals surface area (Å²) < 4.78 is 0. The molecule has 0 aliphatic rings. The quantitative estimate of drug-likeness (QED) is 0.749. The molecule has 0 amide bonds. The molecule has 0 saturated carbocycles. The van der Waals surface area contributed by atoms with E-state index >= 15 is 0 Å². The van der Waals surface area contributed by atoms with Gasteiger partial charge in [-0.2, -0.15) is 5.26 Å². The van der Waals surface area contributed by atoms with E-state index in [-0.39, 0.29) is 6.04 Å². The van der Waals surface area contributed by atoms with Crippen molar-refractivity contribution in [2.45, 2.75) is 32.2 Å². The summed E-state index contributed by atoms with van der Waals surface area (Å²) in [7, 11) is 2.00. The molecule has 1 atom stereocenters. The van der Waals surface area contributed by atoms with Crippen LogP contribution in [0.25, 0.3) is 0 Å². The molecule has 0 spiro atoms. The van der Waals surface area contributed by atoms with Crippen molar-refractivity contribution in [3.8, 4) is 6.07 Å². The highest BCUT2D eigenvalue weighted by molar-refractivity contribution is 6.17. The number of aryl methyl sites for hydroxylation is 1. The van der Waals surface area contributed by atoms with E-state index in [1.165, 1.54) is 5.56 Å². The maximum absolute atomic E-state index is 8.70. The molecule has 0 fully saturated rings. The Hall–Kier alpha value is -1.20. The minimum atomic E-state index is 0.203. The van der Waals surface area contributed by atoms with Gasteiger partial charge in [0.15, 0.2) is 0 Å². The van der Waals surface area contributed by atoms with Gasteiger partial charge in [0, 0.05) is 24.7 Å². The molecule has 1 aromatic carbocycles. The Morgan fingerprint density at radius 1 is 1.50 bits per heavy atom. The van der Waals surface area contributed by atoms with E-state index in [2.05, 4.69) is 36.1 Å². The summed E-state index contributed by atoms with van der Waals surface area (Å²) in [5.41, 5.74) is 3.44. The Morgan fingerprint density at radius 3 is 2.75 bits per heavy atom. The molecule has 0 aromatic heterocycles. The number of hydrogen-bond acceptors (Lipinski definition) is 2. The van der Waals surface area contributed by atoms with Crippen LogP contribution in [-0.2, 0) is 5.88 Å². The first-order valence-corrected chi connectivity index (χ1v) is 5.89. The van der Waals surface area contributed by atoms with E-state index in [0.29, 0.717) is 12.3 Å². The van der Waals surface area contributed by atoms with E-state index < -0.39 is 0 Å². The summed E-state index contributed by atoms with van der Waals surface area (Å²) in [6, 6.07) is 8.63. The zero-order valence-corrected chi connectivity index (χ0v) is 10.8. The average Bonchev–Trinajstić information content (AvgIpc) is 2.28. The van der Waals surface area contributed by atoms with Crippen LogP contribution in [0.4, 0.5) is 5.69 Å². The number of hydrogen-bond donors (Lipinski definition) is 0. The van der Waals surface area contributed by atoms with E-state index in [4.69, 9.17) is 16.9 Å². The molecule has 3 heteroatoms. The van der Waals surface area contributed by atoms with E-state index in [1.54, 1.807) is 0 Å². The van der Waals surface area contributed by atoms with Gasteiger partial charge in [-0.3, -0.25) is 0 Å². The van der Waals surface area contributed by atoms with Crippen LogP contribution in [0.1, 0.15) is 24.5 Å². The van der Waals surface area contributed by atoms with Crippen molar-refractivity contribution in [1.82, 2.24) is 0 Å². The minimum absolute atomic E-state index is 0.203. The molecule has 0 heterocycles. The van der Waals surface area contributed by atoms with E-state index in [1.807, 2.05) is 14.0 Å². The largest absolute Gasteiger partial charge is 0.371 e. The van der Waals surface area contributed by atoms with Crippen molar-refractivity contribution in [1.29, 1.82) is 5.26 Å². The van der Waals surface area contributed by atoms with Gasteiger partial charge in [0.1, 0.15) is 0 Å². The second-order valence-corrected chi connectivity index (χ2v) is 4.36. The average molecular weight is 237 g/mol. The second-order valence-electron chi connectivity index (χ2n) is 4.09. The summed E-state index contributed by atoms with van der Waals surface area (Å²) in [6.07, 6.45) is 0.520. The van der Waals surface area contributed by atoms with Crippen LogP contribution < -0.4 is 4.90 Å². The fourth-order valence-electron chi connectivity index (χ4n) is 1.67. The van der Waals surface area contributed by atoms with Crippen molar-refractivity contribution in [3.05, 3.63) is 29.3 Å². The molecule has 0 N–H and O–H groups in total. The molecule has 16 heavy (non-hydrogen) atoms. The first-order valence-electron chi connectivity index (χ1n) is 5.35. The van der Waals surface area contributed by atoms with Crippen LogP contribution >= 0.6 is 11.6 Å². The van der Waals surface area contributed by atoms with Crippen molar-refractivity contribution < 1.29 is 0 Å². The Labute approximate surface area is 102 Å². The minimum Gasteiger partial charge on any atom is -0.371 e. The molecule has 86 valence electrons. The topological polar surface area (TPSA) is 27.0 Å². The third-order valence-corrected chi connectivity index (χ3v) is 3.09. The summed E-state index contributed by atoms with van der Waals surface area (Å²) in [4.78, 5) is 2.11. The monoisotopic (exact) mass is 236 g/mol. The lowest BCUT2D eigenvalue weighted by Gasteiger charge is -2.27. The standard InChI is InChI=1S/C13H17ClN2/c1-10-4-5-13(12(8-10)9-14)16(3)11(2)6-7-15/h4-5,8,11H,6,9H2,1-3H3. The van der Waals surface area contributed by atoms with Crippen LogP contribution in [0, 0.1) is 18.3 Å². The fourth-order valence-corrected chi connectivity index (χ4v) is 1.89. The molecular weight excluding hydrogens is 220 g/mol. The third-order valence-electron chi connectivity index (χ3n) is 2.81. The van der Waals surface area contributed by atoms with Crippen LogP contribution in [0.2, 0.25) is 0 Å². The molecule has 0 saturated heterocycles. The Morgan fingerprint density at radius 2 is 2.19 bits per heavy atom. The molecule has 0 radical (unpaired) electrons. The lowest BCUT2D eigenvalue weighted by Crippen LogP contribution is -2.29. The number of rotatable bonds is 4. The van der Waals surface area contributed by atoms with E-state index in [0.717, 1.165) is 11.3 Å². The SMILES string of the molecule is Cc1ccc(N(C)C(C)CC#N)c(CCl)c1. The van der Waals surface area contributed by atoms with Crippen molar-refractivity contribution >= 4 is 17.3 Å². The molecule has 0 aliphatic carbocycles. The van der Waals surface area contributed by atoms with Gasteiger partial charge in [-0.05, 0) is 25.5 Å². The van der Waals surface area contributed by atoms with Crippen LogP contribution in [0.3, 0.4) is 0 Å².